The second-order valence-electron chi connectivity index (χ2n) is 11.2. The number of nitriles is 1. The molecule has 2 aliphatic heterocycles. The smallest absolute Gasteiger partial charge is 0.410 e. The van der Waals surface area contributed by atoms with Gasteiger partial charge in [-0.1, -0.05) is 0 Å². The van der Waals surface area contributed by atoms with Crippen molar-refractivity contribution in [2.24, 2.45) is 11.8 Å². The highest BCUT2D eigenvalue weighted by Gasteiger charge is 2.54. The van der Waals surface area contributed by atoms with Crippen LogP contribution in [0, 0.1) is 23.2 Å². The van der Waals surface area contributed by atoms with Crippen molar-refractivity contribution in [2.75, 3.05) is 45.4 Å². The molecule has 0 bridgehead atoms. The van der Waals surface area contributed by atoms with E-state index in [0.29, 0.717) is 43.5 Å². The summed E-state index contributed by atoms with van der Waals surface area (Å²) in [4.78, 5) is 29.2. The first-order chi connectivity index (χ1) is 18.1. The number of carbonyl (C=O) groups is 2. The summed E-state index contributed by atoms with van der Waals surface area (Å²) < 4.78 is 27.9. The fourth-order valence-corrected chi connectivity index (χ4v) is 5.06. The van der Waals surface area contributed by atoms with Crippen LogP contribution in [0.25, 0.3) is 0 Å². The molecule has 0 spiro atoms. The maximum Gasteiger partial charge on any atom is 0.410 e. The molecule has 4 rings (SSSR count). The van der Waals surface area contributed by atoms with Gasteiger partial charge >= 0.3 is 12.1 Å². The van der Waals surface area contributed by atoms with Crippen LogP contribution in [0.4, 0.5) is 10.5 Å². The minimum Gasteiger partial charge on any atom is -0.492 e. The quantitative estimate of drug-likeness (QED) is 0.254. The number of hydrogen-bond donors (Lipinski definition) is 0. The molecule has 10 nitrogen and oxygen atoms in total. The molecule has 1 saturated carbocycles. The molecule has 0 N–H and O–H groups in total. The van der Waals surface area contributed by atoms with Gasteiger partial charge in [0.2, 0.25) is 0 Å². The van der Waals surface area contributed by atoms with Gasteiger partial charge in [-0.3, -0.25) is 4.79 Å². The van der Waals surface area contributed by atoms with Crippen LogP contribution in [0.15, 0.2) is 18.2 Å². The first-order valence-corrected chi connectivity index (χ1v) is 13.3. The normalized spacial score (nSPS) is 24.8. The van der Waals surface area contributed by atoms with Gasteiger partial charge in [-0.2, -0.15) is 5.26 Å². The molecule has 3 aliphatic rings. The van der Waals surface area contributed by atoms with E-state index in [0.717, 1.165) is 24.9 Å². The maximum absolute atomic E-state index is 12.9. The minimum absolute atomic E-state index is 0.0465. The van der Waals surface area contributed by atoms with Crippen molar-refractivity contribution < 1.29 is 33.3 Å². The molecule has 10 heteroatoms. The Kier molecular flexibility index (Phi) is 8.68. The number of amides is 1. The van der Waals surface area contributed by atoms with Gasteiger partial charge < -0.3 is 33.5 Å². The summed E-state index contributed by atoms with van der Waals surface area (Å²) in [5, 5.41) is 9.56. The molecule has 2 heterocycles. The van der Waals surface area contributed by atoms with Gasteiger partial charge in [0.05, 0.1) is 25.2 Å². The van der Waals surface area contributed by atoms with Crippen molar-refractivity contribution in [2.45, 2.75) is 70.4 Å². The van der Waals surface area contributed by atoms with E-state index in [1.165, 1.54) is 7.11 Å². The van der Waals surface area contributed by atoms with Crippen molar-refractivity contribution >= 4 is 17.7 Å². The first kappa shape index (κ1) is 28.0. The Bertz CT molecular complexity index is 1050. The number of benzene rings is 1. The third-order valence-electron chi connectivity index (χ3n) is 6.98. The lowest BCUT2D eigenvalue weighted by atomic mass is 9.86. The van der Waals surface area contributed by atoms with E-state index in [4.69, 9.17) is 23.7 Å². The lowest BCUT2D eigenvalue weighted by Crippen LogP contribution is -2.49. The van der Waals surface area contributed by atoms with E-state index < -0.39 is 17.6 Å². The zero-order chi connectivity index (χ0) is 27.4. The summed E-state index contributed by atoms with van der Waals surface area (Å²) in [5.41, 5.74) is 0.784. The predicted molar refractivity (Wildman–Crippen MR) is 139 cm³/mol. The summed E-state index contributed by atoms with van der Waals surface area (Å²) in [7, 11) is 3.02. The Hall–Kier alpha value is -3.03. The van der Waals surface area contributed by atoms with Crippen molar-refractivity contribution in [3.8, 4) is 11.8 Å². The molecule has 3 fully saturated rings. The summed E-state index contributed by atoms with van der Waals surface area (Å²) in [6.45, 7) is 7.22. The lowest BCUT2D eigenvalue weighted by molar-refractivity contribution is -0.148. The SMILES string of the molecule is COCCCOc1cc(N(C2CC2)C2OC2[C@@H]2C[C@H](C(=O)OC)CN(C(=O)OC(C)(C)C)C2)ccc1C#N. The molecule has 1 aliphatic carbocycles. The van der Waals surface area contributed by atoms with Crippen LogP contribution >= 0.6 is 0 Å². The molecule has 0 aromatic heterocycles. The number of rotatable bonds is 10. The predicted octanol–water partition coefficient (Wildman–Crippen LogP) is 3.71. The number of carbonyl (C=O) groups excluding carboxylic acids is 2. The van der Waals surface area contributed by atoms with Crippen molar-refractivity contribution in [1.82, 2.24) is 4.90 Å². The van der Waals surface area contributed by atoms with Gasteiger partial charge in [-0.25, -0.2) is 4.79 Å². The Morgan fingerprint density at radius 1 is 1.18 bits per heavy atom. The third kappa shape index (κ3) is 6.88. The van der Waals surface area contributed by atoms with Crippen LogP contribution in [0.1, 0.15) is 52.0 Å². The highest BCUT2D eigenvalue weighted by molar-refractivity contribution is 5.75. The highest BCUT2D eigenvalue weighted by atomic mass is 16.6. The maximum atomic E-state index is 12.9. The lowest BCUT2D eigenvalue weighted by Gasteiger charge is -2.37. The van der Waals surface area contributed by atoms with Crippen molar-refractivity contribution in [3.63, 3.8) is 0 Å². The first-order valence-electron chi connectivity index (χ1n) is 13.3. The van der Waals surface area contributed by atoms with E-state index in [1.54, 1.807) is 18.1 Å². The van der Waals surface area contributed by atoms with E-state index in [2.05, 4.69) is 11.0 Å². The number of methoxy groups -OCH3 is 2. The average molecular weight is 530 g/mol. The highest BCUT2D eigenvalue weighted by Crippen LogP contribution is 2.46. The number of piperidine rings is 1. The van der Waals surface area contributed by atoms with Gasteiger partial charge in [0.15, 0.2) is 6.23 Å². The molecule has 38 heavy (non-hydrogen) atoms. The summed E-state index contributed by atoms with van der Waals surface area (Å²) >= 11 is 0. The number of anilines is 1. The zero-order valence-corrected chi connectivity index (χ0v) is 23.0. The van der Waals surface area contributed by atoms with Gasteiger partial charge in [0.25, 0.3) is 0 Å². The fourth-order valence-electron chi connectivity index (χ4n) is 5.06. The Labute approximate surface area is 224 Å². The molecule has 208 valence electrons. The number of ether oxygens (including phenoxy) is 5. The largest absolute Gasteiger partial charge is 0.492 e. The minimum atomic E-state index is -0.634. The molecular weight excluding hydrogens is 490 g/mol. The standard InChI is InChI=1S/C28H39N3O7/c1-28(2,3)38-27(33)30-16-19(13-20(17-30)26(32)35-5)24-25(37-24)31(21-9-10-21)22-8-7-18(15-29)23(14-22)36-12-6-11-34-4/h7-8,14,19-21,24-25H,6,9-13,16-17H2,1-5H3/t19-,20+,24?,25?/m1/s1. The van der Waals surface area contributed by atoms with Crippen LogP contribution in [0.5, 0.6) is 5.75 Å². The molecule has 2 saturated heterocycles. The molecule has 2 unspecified atom stereocenters. The molecular formula is C28H39N3O7. The van der Waals surface area contributed by atoms with Crippen LogP contribution < -0.4 is 9.64 Å². The van der Waals surface area contributed by atoms with Gasteiger partial charge in [-0.15, -0.1) is 0 Å². The van der Waals surface area contributed by atoms with Crippen molar-refractivity contribution in [1.29, 1.82) is 5.26 Å². The average Bonchev–Trinajstić information content (AvgIpc) is 3.82. The van der Waals surface area contributed by atoms with Crippen LogP contribution in [0.3, 0.4) is 0 Å². The van der Waals surface area contributed by atoms with Gasteiger partial charge in [-0.05, 0) is 52.2 Å². The summed E-state index contributed by atoms with van der Waals surface area (Å²) in [5.74, 6) is -0.271. The number of likely N-dealkylation sites (tertiary alicyclic amines) is 1. The van der Waals surface area contributed by atoms with Crippen LogP contribution in [0.2, 0.25) is 0 Å². The number of nitrogens with zero attached hydrogens (tertiary/aromatic N) is 3. The Morgan fingerprint density at radius 3 is 2.58 bits per heavy atom. The van der Waals surface area contributed by atoms with E-state index >= 15 is 0 Å². The monoisotopic (exact) mass is 529 g/mol. The van der Waals surface area contributed by atoms with Gasteiger partial charge in [0.1, 0.15) is 23.5 Å². The number of hydrogen-bond acceptors (Lipinski definition) is 9. The molecule has 4 atom stereocenters. The molecule has 1 amide bonds. The molecule has 1 aromatic rings. The summed E-state index contributed by atoms with van der Waals surface area (Å²) in [6.07, 6.45) is 2.64. The van der Waals surface area contributed by atoms with E-state index in [-0.39, 0.29) is 30.8 Å². The van der Waals surface area contributed by atoms with Crippen molar-refractivity contribution in [3.05, 3.63) is 23.8 Å². The third-order valence-corrected chi connectivity index (χ3v) is 6.98. The molecule has 0 radical (unpaired) electrons. The number of epoxide rings is 1. The number of esters is 1. The summed E-state index contributed by atoms with van der Waals surface area (Å²) in [6, 6.07) is 8.17. The van der Waals surface area contributed by atoms with Crippen LogP contribution in [-0.2, 0) is 23.7 Å². The Balaban J connectivity index is 1.50. The van der Waals surface area contributed by atoms with Crippen LogP contribution in [-0.4, -0.2) is 81.5 Å². The second kappa shape index (κ2) is 11.8. The van der Waals surface area contributed by atoms with E-state index in [1.807, 2.05) is 32.9 Å². The fraction of sp³-hybridized carbons (Fsp3) is 0.679. The molecule has 1 aromatic carbocycles. The second-order valence-corrected chi connectivity index (χ2v) is 11.2. The Morgan fingerprint density at radius 2 is 1.95 bits per heavy atom. The van der Waals surface area contributed by atoms with Gasteiger partial charge in [0, 0.05) is 56.9 Å². The zero-order valence-electron chi connectivity index (χ0n) is 23.0. The van der Waals surface area contributed by atoms with E-state index in [9.17, 15) is 14.9 Å². The topological polar surface area (TPSA) is 114 Å².